The maximum Gasteiger partial charge on any atom is 0.161 e. The third-order valence-corrected chi connectivity index (χ3v) is 4.00. The van der Waals surface area contributed by atoms with Gasteiger partial charge in [-0.3, -0.25) is 0 Å². The quantitative estimate of drug-likeness (QED) is 0.738. The van der Waals surface area contributed by atoms with Crippen molar-refractivity contribution in [2.75, 3.05) is 0 Å². The third-order valence-electron chi connectivity index (χ3n) is 4.00. The third kappa shape index (κ3) is 2.43. The van der Waals surface area contributed by atoms with Gasteiger partial charge in [-0.2, -0.15) is 0 Å². The molecule has 21 heavy (non-hydrogen) atoms. The molecule has 110 valence electrons. The molecule has 0 radical (unpaired) electrons. The maximum absolute atomic E-state index is 10.1. The van der Waals surface area contributed by atoms with Crippen molar-refractivity contribution in [3.63, 3.8) is 0 Å². The molecule has 1 heterocycles. The van der Waals surface area contributed by atoms with Crippen molar-refractivity contribution in [2.45, 2.75) is 32.0 Å². The van der Waals surface area contributed by atoms with Crippen LogP contribution in [0.1, 0.15) is 42.2 Å². The molecule has 0 saturated carbocycles. The zero-order valence-electron chi connectivity index (χ0n) is 11.8. The van der Waals surface area contributed by atoms with E-state index in [0.717, 1.165) is 23.1 Å². The van der Waals surface area contributed by atoms with Gasteiger partial charge in [-0.25, -0.2) is 0 Å². The SMILES string of the molecule is CCC1OC(c2ccc(O)cc2)Cc2c1ccc(O)c2O. The van der Waals surface area contributed by atoms with E-state index in [1.807, 2.05) is 25.1 Å². The molecular formula is C17H18O4. The van der Waals surface area contributed by atoms with E-state index in [-0.39, 0.29) is 29.5 Å². The number of hydrogen-bond donors (Lipinski definition) is 3. The highest BCUT2D eigenvalue weighted by molar-refractivity contribution is 5.51. The number of phenolic OH excluding ortho intramolecular Hbond substituents is 3. The van der Waals surface area contributed by atoms with Crippen molar-refractivity contribution in [3.8, 4) is 17.2 Å². The van der Waals surface area contributed by atoms with Crippen molar-refractivity contribution in [1.29, 1.82) is 0 Å². The second-order valence-electron chi connectivity index (χ2n) is 5.32. The second-order valence-corrected chi connectivity index (χ2v) is 5.32. The minimum atomic E-state index is -0.198. The largest absolute Gasteiger partial charge is 0.508 e. The molecule has 2 atom stereocenters. The molecule has 4 nitrogen and oxygen atoms in total. The first-order valence-corrected chi connectivity index (χ1v) is 7.08. The second kappa shape index (κ2) is 5.30. The van der Waals surface area contributed by atoms with E-state index >= 15 is 0 Å². The van der Waals surface area contributed by atoms with Gasteiger partial charge >= 0.3 is 0 Å². The van der Waals surface area contributed by atoms with E-state index in [4.69, 9.17) is 4.74 Å². The molecule has 0 amide bonds. The molecular weight excluding hydrogens is 268 g/mol. The summed E-state index contributed by atoms with van der Waals surface area (Å²) >= 11 is 0. The van der Waals surface area contributed by atoms with Crippen LogP contribution in [-0.4, -0.2) is 15.3 Å². The Hall–Kier alpha value is -2.20. The Morgan fingerprint density at radius 2 is 1.76 bits per heavy atom. The number of hydrogen-bond acceptors (Lipinski definition) is 4. The molecule has 2 aromatic carbocycles. The number of ether oxygens (including phenoxy) is 1. The van der Waals surface area contributed by atoms with Crippen LogP contribution >= 0.6 is 0 Å². The zero-order valence-corrected chi connectivity index (χ0v) is 11.8. The van der Waals surface area contributed by atoms with Crippen molar-refractivity contribution in [3.05, 3.63) is 53.1 Å². The molecule has 3 N–H and O–H groups in total. The standard InChI is InChI=1S/C17H18O4/c1-2-15-12-7-8-14(19)17(20)13(12)9-16(21-15)10-3-5-11(18)6-4-10/h3-8,15-16,18-20H,2,9H2,1H3. The lowest BCUT2D eigenvalue weighted by Gasteiger charge is -2.32. The van der Waals surface area contributed by atoms with E-state index in [9.17, 15) is 15.3 Å². The lowest BCUT2D eigenvalue weighted by Crippen LogP contribution is -2.20. The molecule has 1 aliphatic rings. The fraction of sp³-hybridized carbons (Fsp3) is 0.294. The van der Waals surface area contributed by atoms with E-state index in [1.54, 1.807) is 12.1 Å². The zero-order chi connectivity index (χ0) is 15.0. The van der Waals surface area contributed by atoms with Gasteiger partial charge in [-0.05, 0) is 35.7 Å². The monoisotopic (exact) mass is 286 g/mol. The highest BCUT2D eigenvalue weighted by atomic mass is 16.5. The van der Waals surface area contributed by atoms with Crippen LogP contribution in [0.2, 0.25) is 0 Å². The number of phenols is 3. The number of rotatable bonds is 2. The average Bonchev–Trinajstić information content (AvgIpc) is 2.51. The van der Waals surface area contributed by atoms with E-state index in [0.29, 0.717) is 6.42 Å². The highest BCUT2D eigenvalue weighted by Gasteiger charge is 2.30. The van der Waals surface area contributed by atoms with Gasteiger partial charge in [0.15, 0.2) is 11.5 Å². The molecule has 1 aliphatic heterocycles. The van der Waals surface area contributed by atoms with Crippen LogP contribution in [0.25, 0.3) is 0 Å². The normalized spacial score (nSPS) is 21.0. The van der Waals surface area contributed by atoms with Crippen molar-refractivity contribution < 1.29 is 20.1 Å². The summed E-state index contributed by atoms with van der Waals surface area (Å²) in [4.78, 5) is 0. The molecule has 0 aliphatic carbocycles. The predicted molar refractivity (Wildman–Crippen MR) is 78.4 cm³/mol. The van der Waals surface area contributed by atoms with Crippen molar-refractivity contribution in [1.82, 2.24) is 0 Å². The molecule has 0 spiro atoms. The van der Waals surface area contributed by atoms with Gasteiger partial charge in [0.05, 0.1) is 12.2 Å². The van der Waals surface area contributed by atoms with Gasteiger partial charge in [-0.15, -0.1) is 0 Å². The first-order chi connectivity index (χ1) is 10.1. The minimum Gasteiger partial charge on any atom is -0.508 e. The lowest BCUT2D eigenvalue weighted by atomic mass is 9.89. The number of aromatic hydroxyl groups is 3. The van der Waals surface area contributed by atoms with Gasteiger partial charge in [-0.1, -0.05) is 25.1 Å². The summed E-state index contributed by atoms with van der Waals surface area (Å²) in [5.41, 5.74) is 2.62. The molecule has 4 heteroatoms. The topological polar surface area (TPSA) is 69.9 Å². The first kappa shape index (κ1) is 13.8. The first-order valence-electron chi connectivity index (χ1n) is 7.08. The minimum absolute atomic E-state index is 0.0574. The van der Waals surface area contributed by atoms with Crippen molar-refractivity contribution >= 4 is 0 Å². The summed E-state index contributed by atoms with van der Waals surface area (Å²) in [6.07, 6.45) is 0.970. The summed E-state index contributed by atoms with van der Waals surface area (Å²) in [6.45, 7) is 2.03. The maximum atomic E-state index is 10.1. The van der Waals surface area contributed by atoms with Crippen LogP contribution in [0, 0.1) is 0 Å². The summed E-state index contributed by atoms with van der Waals surface area (Å²) in [7, 11) is 0. The average molecular weight is 286 g/mol. The molecule has 0 aromatic heterocycles. The molecule has 3 rings (SSSR count). The molecule has 0 fully saturated rings. The van der Waals surface area contributed by atoms with Crippen LogP contribution in [0.4, 0.5) is 0 Å². The Morgan fingerprint density at radius 3 is 2.43 bits per heavy atom. The smallest absolute Gasteiger partial charge is 0.161 e. The Kier molecular flexibility index (Phi) is 3.47. The molecule has 0 bridgehead atoms. The van der Waals surface area contributed by atoms with Gasteiger partial charge in [0, 0.05) is 12.0 Å². The summed E-state index contributed by atoms with van der Waals surface area (Å²) in [5.74, 6) is 0.0514. The van der Waals surface area contributed by atoms with E-state index in [2.05, 4.69) is 0 Å². The van der Waals surface area contributed by atoms with Crippen molar-refractivity contribution in [2.24, 2.45) is 0 Å². The number of benzene rings is 2. The van der Waals surface area contributed by atoms with Crippen LogP contribution in [-0.2, 0) is 11.2 Å². The summed E-state index contributed by atoms with van der Waals surface area (Å²) in [5, 5.41) is 29.2. The Morgan fingerprint density at radius 1 is 1.05 bits per heavy atom. The molecule has 0 saturated heterocycles. The fourth-order valence-corrected chi connectivity index (χ4v) is 2.86. The Balaban J connectivity index is 2.01. The Labute approximate surface area is 123 Å². The predicted octanol–water partition coefficient (Wildman–Crippen LogP) is 3.57. The Bertz CT molecular complexity index is 649. The highest BCUT2D eigenvalue weighted by Crippen LogP contribution is 2.45. The van der Waals surface area contributed by atoms with Crippen LogP contribution in [0.3, 0.4) is 0 Å². The molecule has 2 unspecified atom stereocenters. The molecule has 2 aromatic rings. The van der Waals surface area contributed by atoms with Gasteiger partial charge in [0.2, 0.25) is 0 Å². The number of fused-ring (bicyclic) bond motifs is 1. The van der Waals surface area contributed by atoms with Crippen LogP contribution in [0.15, 0.2) is 36.4 Å². The van der Waals surface area contributed by atoms with Crippen LogP contribution < -0.4 is 0 Å². The van der Waals surface area contributed by atoms with Gasteiger partial charge < -0.3 is 20.1 Å². The van der Waals surface area contributed by atoms with Gasteiger partial charge in [0.1, 0.15) is 5.75 Å². The summed E-state index contributed by atoms with van der Waals surface area (Å²) in [6, 6.07) is 10.2. The fourth-order valence-electron chi connectivity index (χ4n) is 2.86. The van der Waals surface area contributed by atoms with E-state index in [1.165, 1.54) is 6.07 Å². The van der Waals surface area contributed by atoms with E-state index < -0.39 is 0 Å². The lowest BCUT2D eigenvalue weighted by molar-refractivity contribution is -0.0299. The van der Waals surface area contributed by atoms with Crippen LogP contribution in [0.5, 0.6) is 17.2 Å². The van der Waals surface area contributed by atoms with Gasteiger partial charge in [0.25, 0.3) is 0 Å². The summed E-state index contributed by atoms with van der Waals surface area (Å²) < 4.78 is 6.11.